The molecule has 0 aliphatic heterocycles. The number of urea groups is 1. The van der Waals surface area contributed by atoms with Gasteiger partial charge in [0.05, 0.1) is 6.61 Å². The molecular weight excluding hydrogens is 242 g/mol. The third-order valence-corrected chi connectivity index (χ3v) is 2.54. The van der Waals surface area contributed by atoms with E-state index in [2.05, 4.69) is 10.6 Å². The molecule has 0 radical (unpaired) electrons. The van der Waals surface area contributed by atoms with Crippen molar-refractivity contribution in [2.24, 2.45) is 0 Å². The van der Waals surface area contributed by atoms with Crippen molar-refractivity contribution in [2.75, 3.05) is 16.4 Å². The number of hydrogen-bond acceptors (Lipinski definition) is 3. The number of carbonyl (C=O) groups is 1. The standard InChI is InChI=1S/C14H15N3O2/c15-11-4-6-12(7-5-11)16-14(19)17-13-3-1-2-10(8-13)9-18/h1-8,18H,9,15H2,(H2,16,17,19). The lowest BCUT2D eigenvalue weighted by Gasteiger charge is -2.08. The van der Waals surface area contributed by atoms with Gasteiger partial charge in [0, 0.05) is 17.1 Å². The molecule has 5 heteroatoms. The highest BCUT2D eigenvalue weighted by molar-refractivity contribution is 5.99. The summed E-state index contributed by atoms with van der Waals surface area (Å²) in [5.74, 6) is 0. The highest BCUT2D eigenvalue weighted by atomic mass is 16.3. The Morgan fingerprint density at radius 3 is 2.42 bits per heavy atom. The maximum atomic E-state index is 11.8. The molecule has 0 bridgehead atoms. The van der Waals surface area contributed by atoms with E-state index in [1.54, 1.807) is 48.5 Å². The van der Waals surface area contributed by atoms with Crippen LogP contribution >= 0.6 is 0 Å². The Balaban J connectivity index is 1.99. The average Bonchev–Trinajstić information content (AvgIpc) is 2.41. The zero-order valence-corrected chi connectivity index (χ0v) is 10.3. The number of nitrogens with two attached hydrogens (primary N) is 1. The summed E-state index contributed by atoms with van der Waals surface area (Å²) < 4.78 is 0. The Morgan fingerprint density at radius 1 is 1.05 bits per heavy atom. The number of nitrogens with one attached hydrogen (secondary N) is 2. The summed E-state index contributed by atoms with van der Waals surface area (Å²) in [6, 6.07) is 13.5. The molecule has 5 nitrogen and oxygen atoms in total. The predicted octanol–water partition coefficient (Wildman–Crippen LogP) is 2.41. The molecule has 0 aromatic heterocycles. The van der Waals surface area contributed by atoms with E-state index in [1.165, 1.54) is 0 Å². The second-order valence-corrected chi connectivity index (χ2v) is 4.06. The van der Waals surface area contributed by atoms with E-state index in [1.807, 2.05) is 0 Å². The monoisotopic (exact) mass is 257 g/mol. The van der Waals surface area contributed by atoms with Crippen LogP contribution in [-0.2, 0) is 6.61 Å². The molecule has 98 valence electrons. The minimum atomic E-state index is -0.347. The maximum absolute atomic E-state index is 11.8. The molecule has 0 aliphatic rings. The van der Waals surface area contributed by atoms with E-state index < -0.39 is 0 Å². The predicted molar refractivity (Wildman–Crippen MR) is 75.9 cm³/mol. The minimum Gasteiger partial charge on any atom is -0.399 e. The van der Waals surface area contributed by atoms with Crippen molar-refractivity contribution in [1.29, 1.82) is 0 Å². The fourth-order valence-electron chi connectivity index (χ4n) is 1.61. The summed E-state index contributed by atoms with van der Waals surface area (Å²) >= 11 is 0. The van der Waals surface area contributed by atoms with Crippen LogP contribution in [0.4, 0.5) is 21.9 Å². The first-order chi connectivity index (χ1) is 9.17. The van der Waals surface area contributed by atoms with Crippen molar-refractivity contribution >= 4 is 23.1 Å². The van der Waals surface area contributed by atoms with E-state index in [0.717, 1.165) is 5.56 Å². The van der Waals surface area contributed by atoms with Crippen LogP contribution in [0.25, 0.3) is 0 Å². The Bertz CT molecular complexity index is 567. The maximum Gasteiger partial charge on any atom is 0.323 e. The molecule has 2 aromatic rings. The van der Waals surface area contributed by atoms with Crippen LogP contribution in [0.1, 0.15) is 5.56 Å². The summed E-state index contributed by atoms with van der Waals surface area (Å²) in [4.78, 5) is 11.8. The van der Waals surface area contributed by atoms with E-state index in [4.69, 9.17) is 10.8 Å². The van der Waals surface area contributed by atoms with Crippen LogP contribution in [0.5, 0.6) is 0 Å². The van der Waals surface area contributed by atoms with E-state index >= 15 is 0 Å². The Morgan fingerprint density at radius 2 is 1.74 bits per heavy atom. The van der Waals surface area contributed by atoms with Crippen LogP contribution in [0, 0.1) is 0 Å². The van der Waals surface area contributed by atoms with Gasteiger partial charge in [0.15, 0.2) is 0 Å². The number of nitrogen functional groups attached to an aromatic ring is 1. The first-order valence-corrected chi connectivity index (χ1v) is 5.81. The molecule has 2 amide bonds. The van der Waals surface area contributed by atoms with Crippen molar-refractivity contribution in [2.45, 2.75) is 6.61 Å². The number of aliphatic hydroxyl groups excluding tert-OH is 1. The van der Waals surface area contributed by atoms with Gasteiger partial charge in [0.1, 0.15) is 0 Å². The van der Waals surface area contributed by atoms with Crippen LogP contribution in [0.15, 0.2) is 48.5 Å². The van der Waals surface area contributed by atoms with Crippen molar-refractivity contribution in [3.63, 3.8) is 0 Å². The normalized spacial score (nSPS) is 9.95. The van der Waals surface area contributed by atoms with Crippen LogP contribution in [0.3, 0.4) is 0 Å². The summed E-state index contributed by atoms with van der Waals surface area (Å²) in [6.07, 6.45) is 0. The lowest BCUT2D eigenvalue weighted by molar-refractivity contribution is 0.262. The second-order valence-electron chi connectivity index (χ2n) is 4.06. The summed E-state index contributed by atoms with van der Waals surface area (Å²) in [5, 5.41) is 14.4. The van der Waals surface area contributed by atoms with E-state index in [-0.39, 0.29) is 12.6 Å². The first kappa shape index (κ1) is 12.9. The quantitative estimate of drug-likeness (QED) is 0.637. The topological polar surface area (TPSA) is 87.4 Å². The third kappa shape index (κ3) is 3.72. The minimum absolute atomic E-state index is 0.0604. The molecule has 0 heterocycles. The number of amides is 2. The molecule has 2 rings (SSSR count). The van der Waals surface area contributed by atoms with Gasteiger partial charge in [-0.3, -0.25) is 0 Å². The van der Waals surface area contributed by atoms with Crippen LogP contribution in [0.2, 0.25) is 0 Å². The molecule has 19 heavy (non-hydrogen) atoms. The molecule has 2 aromatic carbocycles. The number of hydrogen-bond donors (Lipinski definition) is 4. The van der Waals surface area contributed by atoms with Gasteiger partial charge in [-0.15, -0.1) is 0 Å². The number of benzene rings is 2. The number of aliphatic hydroxyl groups is 1. The molecule has 0 fully saturated rings. The SMILES string of the molecule is Nc1ccc(NC(=O)Nc2cccc(CO)c2)cc1. The number of rotatable bonds is 3. The summed E-state index contributed by atoms with van der Waals surface area (Å²) in [7, 11) is 0. The van der Waals surface area contributed by atoms with Crippen molar-refractivity contribution < 1.29 is 9.90 Å². The molecule has 0 unspecified atom stereocenters. The highest BCUT2D eigenvalue weighted by Crippen LogP contribution is 2.13. The van der Waals surface area contributed by atoms with E-state index in [9.17, 15) is 4.79 Å². The summed E-state index contributed by atoms with van der Waals surface area (Å²) in [5.41, 5.74) is 8.22. The Hall–Kier alpha value is -2.53. The van der Waals surface area contributed by atoms with Crippen molar-refractivity contribution in [3.8, 4) is 0 Å². The third-order valence-electron chi connectivity index (χ3n) is 2.54. The van der Waals surface area contributed by atoms with Gasteiger partial charge in [0.25, 0.3) is 0 Å². The zero-order chi connectivity index (χ0) is 13.7. The molecular formula is C14H15N3O2. The molecule has 0 atom stereocenters. The van der Waals surface area contributed by atoms with Gasteiger partial charge in [-0.05, 0) is 42.0 Å². The molecule has 0 spiro atoms. The Labute approximate surface area is 111 Å². The molecule has 5 N–H and O–H groups in total. The largest absolute Gasteiger partial charge is 0.399 e. The van der Waals surface area contributed by atoms with Gasteiger partial charge in [-0.1, -0.05) is 12.1 Å². The number of carbonyl (C=O) groups excluding carboxylic acids is 1. The zero-order valence-electron chi connectivity index (χ0n) is 10.3. The van der Waals surface area contributed by atoms with Gasteiger partial charge < -0.3 is 21.5 Å². The van der Waals surface area contributed by atoms with Gasteiger partial charge in [0.2, 0.25) is 0 Å². The Kier molecular flexibility index (Phi) is 4.00. The molecule has 0 aliphatic carbocycles. The van der Waals surface area contributed by atoms with Crippen LogP contribution in [-0.4, -0.2) is 11.1 Å². The van der Waals surface area contributed by atoms with Gasteiger partial charge >= 0.3 is 6.03 Å². The fourth-order valence-corrected chi connectivity index (χ4v) is 1.61. The van der Waals surface area contributed by atoms with Gasteiger partial charge in [-0.25, -0.2) is 4.79 Å². The average molecular weight is 257 g/mol. The van der Waals surface area contributed by atoms with Crippen molar-refractivity contribution in [3.05, 3.63) is 54.1 Å². The first-order valence-electron chi connectivity index (χ1n) is 5.81. The number of anilines is 3. The highest BCUT2D eigenvalue weighted by Gasteiger charge is 2.03. The lowest BCUT2D eigenvalue weighted by Crippen LogP contribution is -2.19. The molecule has 0 saturated carbocycles. The molecule has 0 saturated heterocycles. The van der Waals surface area contributed by atoms with E-state index in [0.29, 0.717) is 17.1 Å². The fraction of sp³-hybridized carbons (Fsp3) is 0.0714. The smallest absolute Gasteiger partial charge is 0.323 e. The summed E-state index contributed by atoms with van der Waals surface area (Å²) in [6.45, 7) is -0.0604. The lowest BCUT2D eigenvalue weighted by atomic mass is 10.2. The second kappa shape index (κ2) is 5.88. The van der Waals surface area contributed by atoms with Crippen LogP contribution < -0.4 is 16.4 Å². The van der Waals surface area contributed by atoms with Gasteiger partial charge in [-0.2, -0.15) is 0 Å². The van der Waals surface area contributed by atoms with Crippen molar-refractivity contribution in [1.82, 2.24) is 0 Å².